The number of nitrogens with zero attached hydrogens (tertiary/aromatic N) is 4. The molecule has 45 heavy (non-hydrogen) atoms. The van der Waals surface area contributed by atoms with Crippen LogP contribution in [-0.4, -0.2) is 14.5 Å². The lowest BCUT2D eigenvalue weighted by Gasteiger charge is -2.25. The molecule has 8 rings (SSSR count). The Labute approximate surface area is 262 Å². The van der Waals surface area contributed by atoms with E-state index >= 15 is 0 Å². The van der Waals surface area contributed by atoms with Gasteiger partial charge in [0.05, 0.1) is 11.0 Å². The molecule has 0 saturated carbocycles. The molecule has 0 aliphatic heterocycles. The van der Waals surface area contributed by atoms with E-state index in [4.69, 9.17) is 0 Å². The van der Waals surface area contributed by atoms with Crippen LogP contribution >= 0.6 is 0 Å². The van der Waals surface area contributed by atoms with E-state index in [-0.39, 0.29) is 0 Å². The standard InChI is InChI=1S/C41H30N4/c1-29-24-31(32-26-42-28-43-27-32)18-22-37(29)30-16-19-35(20-17-30)45-40-15-9-8-14-38(40)39-25-36(21-23-41(39)45)44(33-10-4-2-5-11-33)34-12-6-3-7-13-34/h2-28H,1H3. The van der Waals surface area contributed by atoms with Crippen LogP contribution in [0.2, 0.25) is 0 Å². The molecule has 0 aliphatic rings. The number of aryl methyl sites for hydroxylation is 1. The van der Waals surface area contributed by atoms with Crippen LogP contribution in [0.5, 0.6) is 0 Å². The van der Waals surface area contributed by atoms with Gasteiger partial charge in [0, 0.05) is 51.5 Å². The molecule has 0 N–H and O–H groups in total. The molecule has 0 radical (unpaired) electrons. The third-order valence-corrected chi connectivity index (χ3v) is 8.50. The number of fused-ring (bicyclic) bond motifs is 3. The molecule has 2 heterocycles. The lowest BCUT2D eigenvalue weighted by Crippen LogP contribution is -2.09. The van der Waals surface area contributed by atoms with E-state index in [1.807, 2.05) is 12.4 Å². The number of benzene rings is 6. The van der Waals surface area contributed by atoms with Crippen molar-refractivity contribution in [2.45, 2.75) is 6.92 Å². The monoisotopic (exact) mass is 578 g/mol. The summed E-state index contributed by atoms with van der Waals surface area (Å²) in [6, 6.07) is 52.1. The van der Waals surface area contributed by atoms with Crippen LogP contribution in [-0.2, 0) is 0 Å². The Hall–Kier alpha value is -6.00. The quantitative estimate of drug-likeness (QED) is 0.197. The lowest BCUT2D eigenvalue weighted by molar-refractivity contribution is 1.17. The Morgan fingerprint density at radius 2 is 1.11 bits per heavy atom. The third kappa shape index (κ3) is 4.83. The van der Waals surface area contributed by atoms with Gasteiger partial charge in [-0.2, -0.15) is 0 Å². The minimum Gasteiger partial charge on any atom is -0.310 e. The Morgan fingerprint density at radius 3 is 1.80 bits per heavy atom. The molecule has 4 nitrogen and oxygen atoms in total. The summed E-state index contributed by atoms with van der Waals surface area (Å²) in [4.78, 5) is 10.7. The van der Waals surface area contributed by atoms with Crippen molar-refractivity contribution >= 4 is 38.9 Å². The van der Waals surface area contributed by atoms with Gasteiger partial charge < -0.3 is 9.47 Å². The Balaban J connectivity index is 1.21. The first-order valence-electron chi connectivity index (χ1n) is 15.1. The molecule has 0 saturated heterocycles. The van der Waals surface area contributed by atoms with Crippen molar-refractivity contribution in [2.24, 2.45) is 0 Å². The zero-order valence-electron chi connectivity index (χ0n) is 24.9. The Morgan fingerprint density at radius 1 is 0.489 bits per heavy atom. The first kappa shape index (κ1) is 26.6. The highest BCUT2D eigenvalue weighted by molar-refractivity contribution is 6.10. The summed E-state index contributed by atoms with van der Waals surface area (Å²) in [5.41, 5.74) is 12.7. The average Bonchev–Trinajstić information content (AvgIpc) is 3.44. The predicted molar refractivity (Wildman–Crippen MR) is 187 cm³/mol. The van der Waals surface area contributed by atoms with Crippen LogP contribution in [0.25, 0.3) is 49.7 Å². The molecule has 0 unspecified atom stereocenters. The number of anilines is 3. The first-order chi connectivity index (χ1) is 22.2. The topological polar surface area (TPSA) is 34.0 Å². The van der Waals surface area contributed by atoms with E-state index in [9.17, 15) is 0 Å². The van der Waals surface area contributed by atoms with Crippen molar-refractivity contribution in [2.75, 3.05) is 4.90 Å². The van der Waals surface area contributed by atoms with Crippen LogP contribution in [0.15, 0.2) is 164 Å². The molecular weight excluding hydrogens is 548 g/mol. The van der Waals surface area contributed by atoms with E-state index in [0.717, 1.165) is 33.9 Å². The van der Waals surface area contributed by atoms with Crippen molar-refractivity contribution in [3.8, 4) is 27.9 Å². The molecule has 214 valence electrons. The number of rotatable bonds is 6. The predicted octanol–water partition coefficient (Wildman–Crippen LogP) is 10.7. The molecule has 2 aromatic heterocycles. The molecule has 0 spiro atoms. The van der Waals surface area contributed by atoms with E-state index < -0.39 is 0 Å². The fraction of sp³-hybridized carbons (Fsp3) is 0.0244. The summed E-state index contributed by atoms with van der Waals surface area (Å²) in [6.45, 7) is 2.16. The van der Waals surface area contributed by atoms with Gasteiger partial charge >= 0.3 is 0 Å². The molecule has 0 bridgehead atoms. The van der Waals surface area contributed by atoms with Crippen LogP contribution in [0.3, 0.4) is 0 Å². The van der Waals surface area contributed by atoms with Crippen molar-refractivity contribution < 1.29 is 0 Å². The SMILES string of the molecule is Cc1cc(-c2cncnc2)ccc1-c1ccc(-n2c3ccccc3c3cc(N(c4ccccc4)c4ccccc4)ccc32)cc1. The van der Waals surface area contributed by atoms with Crippen molar-refractivity contribution in [1.29, 1.82) is 0 Å². The van der Waals surface area contributed by atoms with Gasteiger partial charge in [0.25, 0.3) is 0 Å². The summed E-state index contributed by atoms with van der Waals surface area (Å²) >= 11 is 0. The third-order valence-electron chi connectivity index (χ3n) is 8.50. The van der Waals surface area contributed by atoms with Crippen LogP contribution < -0.4 is 4.90 Å². The van der Waals surface area contributed by atoms with E-state index in [1.54, 1.807) is 6.33 Å². The number of aromatic nitrogens is 3. The minimum absolute atomic E-state index is 1.02. The molecule has 8 aromatic rings. The van der Waals surface area contributed by atoms with Gasteiger partial charge in [0.2, 0.25) is 0 Å². The number of hydrogen-bond donors (Lipinski definition) is 0. The minimum atomic E-state index is 1.02. The van der Waals surface area contributed by atoms with Crippen LogP contribution in [0, 0.1) is 6.92 Å². The number of hydrogen-bond acceptors (Lipinski definition) is 3. The zero-order valence-corrected chi connectivity index (χ0v) is 24.9. The van der Waals surface area contributed by atoms with Gasteiger partial charge in [0.15, 0.2) is 0 Å². The van der Waals surface area contributed by atoms with Crippen LogP contribution in [0.1, 0.15) is 5.56 Å². The van der Waals surface area contributed by atoms with Crippen LogP contribution in [0.4, 0.5) is 17.1 Å². The maximum absolute atomic E-state index is 4.17. The smallest absolute Gasteiger partial charge is 0.115 e. The largest absolute Gasteiger partial charge is 0.310 e. The van der Waals surface area contributed by atoms with Crippen molar-refractivity contribution in [1.82, 2.24) is 14.5 Å². The normalized spacial score (nSPS) is 11.2. The summed E-state index contributed by atoms with van der Waals surface area (Å²) in [6.07, 6.45) is 5.27. The summed E-state index contributed by atoms with van der Waals surface area (Å²) < 4.78 is 2.37. The lowest BCUT2D eigenvalue weighted by atomic mass is 9.96. The molecule has 0 aliphatic carbocycles. The summed E-state index contributed by atoms with van der Waals surface area (Å²) in [7, 11) is 0. The van der Waals surface area contributed by atoms with E-state index in [0.29, 0.717) is 0 Å². The molecule has 0 amide bonds. The maximum Gasteiger partial charge on any atom is 0.115 e. The van der Waals surface area contributed by atoms with Gasteiger partial charge in [-0.3, -0.25) is 0 Å². The van der Waals surface area contributed by atoms with Gasteiger partial charge in [0.1, 0.15) is 6.33 Å². The average molecular weight is 579 g/mol. The first-order valence-corrected chi connectivity index (χ1v) is 15.1. The highest BCUT2D eigenvalue weighted by atomic mass is 15.1. The maximum atomic E-state index is 4.17. The molecule has 0 atom stereocenters. The zero-order chi connectivity index (χ0) is 30.2. The molecular formula is C41H30N4. The van der Waals surface area contributed by atoms with E-state index in [1.165, 1.54) is 38.5 Å². The second kappa shape index (κ2) is 11.3. The van der Waals surface area contributed by atoms with Crippen molar-refractivity contribution in [3.63, 3.8) is 0 Å². The highest BCUT2D eigenvalue weighted by Gasteiger charge is 2.17. The Kier molecular flexibility index (Phi) is 6.65. The second-order valence-electron chi connectivity index (χ2n) is 11.3. The van der Waals surface area contributed by atoms with Gasteiger partial charge in [-0.05, 0) is 89.8 Å². The Bertz CT molecular complexity index is 2220. The fourth-order valence-electron chi connectivity index (χ4n) is 6.38. The highest BCUT2D eigenvalue weighted by Crippen LogP contribution is 2.39. The summed E-state index contributed by atoms with van der Waals surface area (Å²) in [5.74, 6) is 0. The fourth-order valence-corrected chi connectivity index (χ4v) is 6.38. The number of para-hydroxylation sites is 3. The van der Waals surface area contributed by atoms with Crippen molar-refractivity contribution in [3.05, 3.63) is 170 Å². The van der Waals surface area contributed by atoms with Gasteiger partial charge in [-0.15, -0.1) is 0 Å². The summed E-state index contributed by atoms with van der Waals surface area (Å²) in [5, 5.41) is 2.45. The molecule has 4 heteroatoms. The van der Waals surface area contributed by atoms with Gasteiger partial charge in [-0.1, -0.05) is 84.9 Å². The second-order valence-corrected chi connectivity index (χ2v) is 11.3. The molecule has 6 aromatic carbocycles. The van der Waals surface area contributed by atoms with E-state index in [2.05, 4.69) is 172 Å². The molecule has 0 fully saturated rings. The van der Waals surface area contributed by atoms with Gasteiger partial charge in [-0.25, -0.2) is 9.97 Å².